The Morgan fingerprint density at radius 1 is 1.19 bits per heavy atom. The van der Waals surface area contributed by atoms with E-state index in [4.69, 9.17) is 4.74 Å². The van der Waals surface area contributed by atoms with Gasteiger partial charge < -0.3 is 20.1 Å². The molecular formula is C22H32F3N3O3. The first kappa shape index (κ1) is 23.8. The number of ether oxygens (including phenoxy) is 1. The van der Waals surface area contributed by atoms with E-state index in [1.54, 1.807) is 6.07 Å². The number of halogens is 3. The monoisotopic (exact) mass is 443 g/mol. The van der Waals surface area contributed by atoms with E-state index in [-0.39, 0.29) is 17.9 Å². The minimum Gasteiger partial charge on any atom is -0.388 e. The van der Waals surface area contributed by atoms with Crippen LogP contribution in [0.2, 0.25) is 0 Å². The average Bonchev–Trinajstić information content (AvgIpc) is 3.00. The molecule has 31 heavy (non-hydrogen) atoms. The smallest absolute Gasteiger partial charge is 0.388 e. The van der Waals surface area contributed by atoms with Crippen molar-refractivity contribution in [3.63, 3.8) is 0 Å². The van der Waals surface area contributed by atoms with Gasteiger partial charge in [0.1, 0.15) is 6.10 Å². The van der Waals surface area contributed by atoms with Crippen molar-refractivity contribution in [3.8, 4) is 0 Å². The van der Waals surface area contributed by atoms with E-state index in [0.29, 0.717) is 44.8 Å². The van der Waals surface area contributed by atoms with Crippen molar-refractivity contribution in [2.45, 2.75) is 51.6 Å². The largest absolute Gasteiger partial charge is 0.416 e. The molecule has 3 unspecified atom stereocenters. The summed E-state index contributed by atoms with van der Waals surface area (Å²) in [6.07, 6.45) is -5.17. The number of piperazine rings is 1. The molecule has 2 fully saturated rings. The van der Waals surface area contributed by atoms with Gasteiger partial charge in [0.15, 0.2) is 0 Å². The predicted molar refractivity (Wildman–Crippen MR) is 112 cm³/mol. The predicted octanol–water partition coefficient (Wildman–Crippen LogP) is 2.51. The van der Waals surface area contributed by atoms with Crippen LogP contribution in [0.5, 0.6) is 0 Å². The fourth-order valence-electron chi connectivity index (χ4n) is 4.03. The Labute approximate surface area is 181 Å². The molecule has 1 aromatic rings. The highest BCUT2D eigenvalue weighted by Gasteiger charge is 2.38. The minimum atomic E-state index is -4.35. The van der Waals surface area contributed by atoms with Crippen LogP contribution in [0.25, 0.3) is 0 Å². The second-order valence-electron chi connectivity index (χ2n) is 9.61. The number of alkyl halides is 3. The number of anilines is 1. The first-order valence-electron chi connectivity index (χ1n) is 10.7. The summed E-state index contributed by atoms with van der Waals surface area (Å²) in [5.41, 5.74) is -0.213. The van der Waals surface area contributed by atoms with Crippen molar-refractivity contribution in [2.75, 3.05) is 44.2 Å². The number of benzene rings is 1. The summed E-state index contributed by atoms with van der Waals surface area (Å²) >= 11 is 0. The number of aliphatic hydroxyl groups is 1. The maximum absolute atomic E-state index is 13.0. The molecule has 2 aliphatic rings. The quantitative estimate of drug-likeness (QED) is 0.732. The van der Waals surface area contributed by atoms with Gasteiger partial charge in [-0.15, -0.1) is 0 Å². The molecule has 2 aliphatic heterocycles. The Morgan fingerprint density at radius 3 is 2.48 bits per heavy atom. The van der Waals surface area contributed by atoms with Crippen molar-refractivity contribution < 1.29 is 27.8 Å². The molecule has 3 atom stereocenters. The molecule has 2 N–H and O–H groups in total. The van der Waals surface area contributed by atoms with E-state index in [0.717, 1.165) is 6.07 Å². The van der Waals surface area contributed by atoms with Gasteiger partial charge in [-0.1, -0.05) is 26.8 Å². The Kier molecular flexibility index (Phi) is 7.18. The molecule has 3 rings (SSSR count). The van der Waals surface area contributed by atoms with Crippen LogP contribution in [-0.4, -0.2) is 73.5 Å². The summed E-state index contributed by atoms with van der Waals surface area (Å²) in [5.74, 6) is -0.101. The zero-order valence-electron chi connectivity index (χ0n) is 18.3. The third kappa shape index (κ3) is 6.57. The molecule has 0 spiro atoms. The van der Waals surface area contributed by atoms with Crippen LogP contribution in [0.3, 0.4) is 0 Å². The summed E-state index contributed by atoms with van der Waals surface area (Å²) in [6, 6.07) is 4.96. The molecule has 2 heterocycles. The van der Waals surface area contributed by atoms with Gasteiger partial charge in [-0.05, 0) is 23.6 Å². The van der Waals surface area contributed by atoms with Gasteiger partial charge in [0.2, 0.25) is 5.91 Å². The van der Waals surface area contributed by atoms with Crippen molar-refractivity contribution in [1.29, 1.82) is 0 Å². The molecule has 174 valence electrons. The summed E-state index contributed by atoms with van der Waals surface area (Å²) in [4.78, 5) is 16.2. The summed E-state index contributed by atoms with van der Waals surface area (Å²) in [7, 11) is 0. The van der Waals surface area contributed by atoms with Gasteiger partial charge in [-0.2, -0.15) is 13.2 Å². The lowest BCUT2D eigenvalue weighted by atomic mass is 9.91. The van der Waals surface area contributed by atoms with Crippen LogP contribution >= 0.6 is 0 Å². The maximum atomic E-state index is 13.0. The maximum Gasteiger partial charge on any atom is 0.416 e. The van der Waals surface area contributed by atoms with Crippen LogP contribution in [0.1, 0.15) is 32.8 Å². The zero-order chi connectivity index (χ0) is 22.8. The zero-order valence-corrected chi connectivity index (χ0v) is 18.3. The standard InChI is InChI=1S/C22H32F3N3O3/c1-21(2,3)12-19(29)26-17-14-31-18(20(17)30)13-27-7-9-28(10-8-27)16-6-4-5-15(11-16)22(23,24)25/h4-6,11,17-18,20,30H,7-10,12-14H2,1-3H3,(H,26,29). The fourth-order valence-corrected chi connectivity index (χ4v) is 4.03. The van der Waals surface area contributed by atoms with Crippen LogP contribution in [0.15, 0.2) is 24.3 Å². The molecule has 0 bridgehead atoms. The highest BCUT2D eigenvalue weighted by molar-refractivity contribution is 5.77. The highest BCUT2D eigenvalue weighted by Crippen LogP contribution is 2.32. The Bertz CT molecular complexity index is 758. The molecule has 1 aromatic carbocycles. The number of nitrogens with one attached hydrogen (secondary N) is 1. The number of carbonyl (C=O) groups excluding carboxylic acids is 1. The molecule has 1 amide bonds. The lowest BCUT2D eigenvalue weighted by molar-refractivity contribution is -0.137. The first-order valence-corrected chi connectivity index (χ1v) is 10.7. The molecule has 0 radical (unpaired) electrons. The van der Waals surface area contributed by atoms with Crippen molar-refractivity contribution in [2.24, 2.45) is 5.41 Å². The Hall–Kier alpha value is -1.84. The molecule has 9 heteroatoms. The van der Waals surface area contributed by atoms with E-state index in [2.05, 4.69) is 10.2 Å². The highest BCUT2D eigenvalue weighted by atomic mass is 19.4. The third-order valence-electron chi connectivity index (χ3n) is 5.67. The number of nitrogens with zero attached hydrogens (tertiary/aromatic N) is 2. The second kappa shape index (κ2) is 9.34. The van der Waals surface area contributed by atoms with Gasteiger partial charge in [0.05, 0.1) is 24.3 Å². The number of aliphatic hydroxyl groups excluding tert-OH is 1. The van der Waals surface area contributed by atoms with Gasteiger partial charge >= 0.3 is 6.18 Å². The molecule has 0 saturated carbocycles. The molecule has 6 nitrogen and oxygen atoms in total. The van der Waals surface area contributed by atoms with E-state index in [9.17, 15) is 23.1 Å². The van der Waals surface area contributed by atoms with Crippen molar-refractivity contribution >= 4 is 11.6 Å². The SMILES string of the molecule is CC(C)(C)CC(=O)NC1COC(CN2CCN(c3cccc(C(F)(F)F)c3)CC2)C1O. The van der Waals surface area contributed by atoms with Gasteiger partial charge in [-0.25, -0.2) is 0 Å². The van der Waals surface area contributed by atoms with Gasteiger partial charge in [-0.3, -0.25) is 9.69 Å². The Morgan fingerprint density at radius 2 is 1.87 bits per heavy atom. The lowest BCUT2D eigenvalue weighted by Crippen LogP contribution is -2.51. The van der Waals surface area contributed by atoms with E-state index >= 15 is 0 Å². The minimum absolute atomic E-state index is 0.101. The molecule has 0 aromatic heterocycles. The molecular weight excluding hydrogens is 411 g/mol. The van der Waals surface area contributed by atoms with Crippen molar-refractivity contribution in [3.05, 3.63) is 29.8 Å². The van der Waals surface area contributed by atoms with Crippen molar-refractivity contribution in [1.82, 2.24) is 10.2 Å². The fraction of sp³-hybridized carbons (Fsp3) is 0.682. The van der Waals surface area contributed by atoms with Crippen LogP contribution in [-0.2, 0) is 15.7 Å². The third-order valence-corrected chi connectivity index (χ3v) is 5.67. The van der Waals surface area contributed by atoms with Crippen LogP contribution in [0.4, 0.5) is 18.9 Å². The number of carbonyl (C=O) groups is 1. The Balaban J connectivity index is 1.48. The van der Waals surface area contributed by atoms with Gasteiger partial charge in [0.25, 0.3) is 0 Å². The van der Waals surface area contributed by atoms with E-state index < -0.39 is 30.0 Å². The average molecular weight is 444 g/mol. The lowest BCUT2D eigenvalue weighted by Gasteiger charge is -2.37. The second-order valence-corrected chi connectivity index (χ2v) is 9.61. The van der Waals surface area contributed by atoms with Crippen LogP contribution in [0, 0.1) is 5.41 Å². The topological polar surface area (TPSA) is 65.0 Å². The molecule has 2 saturated heterocycles. The summed E-state index contributed by atoms with van der Waals surface area (Å²) < 4.78 is 44.6. The number of rotatable bonds is 5. The number of hydrogen-bond acceptors (Lipinski definition) is 5. The summed E-state index contributed by atoms with van der Waals surface area (Å²) in [5, 5.41) is 13.4. The van der Waals surface area contributed by atoms with E-state index in [1.165, 1.54) is 12.1 Å². The summed E-state index contributed by atoms with van der Waals surface area (Å²) in [6.45, 7) is 9.23. The van der Waals surface area contributed by atoms with E-state index in [1.807, 2.05) is 25.7 Å². The number of hydrogen-bond donors (Lipinski definition) is 2. The number of amides is 1. The first-order chi connectivity index (χ1) is 14.4. The normalized spacial score (nSPS) is 25.6. The van der Waals surface area contributed by atoms with Gasteiger partial charge in [0, 0.05) is 44.8 Å². The molecule has 0 aliphatic carbocycles. The van der Waals surface area contributed by atoms with Crippen LogP contribution < -0.4 is 10.2 Å².